The Morgan fingerprint density at radius 3 is 2.90 bits per heavy atom. The van der Waals surface area contributed by atoms with E-state index in [1.165, 1.54) is 12.1 Å². The lowest BCUT2D eigenvalue weighted by atomic mass is 9.76. The number of ketones is 1. The zero-order valence-corrected chi connectivity index (χ0v) is 11.7. The number of benzene rings is 1. The Labute approximate surface area is 122 Å². The SMILES string of the molecule is CC1=C(C#N)[C@H](c2cccc(F)c2)C2=C(CCCC2=O)N1. The second kappa shape index (κ2) is 5.17. The Bertz CT molecular complexity index is 725. The molecule has 1 N–H and O–H groups in total. The zero-order valence-electron chi connectivity index (χ0n) is 11.7. The molecule has 0 aromatic heterocycles. The van der Waals surface area contributed by atoms with Crippen molar-refractivity contribution in [1.82, 2.24) is 5.32 Å². The number of nitriles is 1. The first-order chi connectivity index (χ1) is 10.1. The minimum absolute atomic E-state index is 0.0539. The molecule has 3 rings (SSSR count). The van der Waals surface area contributed by atoms with Gasteiger partial charge < -0.3 is 5.32 Å². The molecule has 106 valence electrons. The highest BCUT2D eigenvalue weighted by molar-refractivity contribution is 5.99. The summed E-state index contributed by atoms with van der Waals surface area (Å²) in [6.45, 7) is 1.83. The molecule has 3 nitrogen and oxygen atoms in total. The number of nitrogens with one attached hydrogen (secondary N) is 1. The third-order valence-electron chi connectivity index (χ3n) is 4.08. The summed E-state index contributed by atoms with van der Waals surface area (Å²) in [7, 11) is 0. The lowest BCUT2D eigenvalue weighted by Gasteiger charge is -2.32. The molecular formula is C17H15FN2O. The van der Waals surface area contributed by atoms with Crippen LogP contribution in [0, 0.1) is 17.1 Å². The van der Waals surface area contributed by atoms with Gasteiger partial charge in [0.1, 0.15) is 5.82 Å². The summed E-state index contributed by atoms with van der Waals surface area (Å²) < 4.78 is 13.6. The van der Waals surface area contributed by atoms with Crippen molar-refractivity contribution in [2.75, 3.05) is 0 Å². The van der Waals surface area contributed by atoms with Crippen LogP contribution in [0.2, 0.25) is 0 Å². The molecular weight excluding hydrogens is 267 g/mol. The number of nitrogens with zero attached hydrogens (tertiary/aromatic N) is 1. The molecule has 1 heterocycles. The smallest absolute Gasteiger partial charge is 0.161 e. The van der Waals surface area contributed by atoms with Crippen LogP contribution in [-0.2, 0) is 4.79 Å². The normalized spacial score (nSPS) is 21.8. The first-order valence-corrected chi connectivity index (χ1v) is 7.01. The molecule has 0 unspecified atom stereocenters. The zero-order chi connectivity index (χ0) is 15.0. The second-order valence-corrected chi connectivity index (χ2v) is 5.43. The molecule has 21 heavy (non-hydrogen) atoms. The van der Waals surface area contributed by atoms with Gasteiger partial charge in [-0.1, -0.05) is 12.1 Å². The first-order valence-electron chi connectivity index (χ1n) is 7.01. The summed E-state index contributed by atoms with van der Waals surface area (Å²) in [5, 5.41) is 12.6. The van der Waals surface area contributed by atoms with Gasteiger partial charge in [0.2, 0.25) is 0 Å². The molecule has 0 spiro atoms. The predicted molar refractivity (Wildman–Crippen MR) is 76.5 cm³/mol. The van der Waals surface area contributed by atoms with E-state index in [-0.39, 0.29) is 11.6 Å². The number of dihydropyridines is 1. The second-order valence-electron chi connectivity index (χ2n) is 5.43. The highest BCUT2D eigenvalue weighted by Crippen LogP contribution is 2.41. The Hall–Kier alpha value is -2.41. The molecule has 0 fully saturated rings. The molecule has 4 heteroatoms. The monoisotopic (exact) mass is 282 g/mol. The van der Waals surface area contributed by atoms with E-state index in [4.69, 9.17) is 0 Å². The van der Waals surface area contributed by atoms with E-state index in [2.05, 4.69) is 11.4 Å². The number of carbonyl (C=O) groups excluding carboxylic acids is 1. The van der Waals surface area contributed by atoms with E-state index in [1.54, 1.807) is 12.1 Å². The number of carbonyl (C=O) groups is 1. The Morgan fingerprint density at radius 2 is 2.19 bits per heavy atom. The average Bonchev–Trinajstić information content (AvgIpc) is 2.46. The minimum atomic E-state index is -0.449. The summed E-state index contributed by atoms with van der Waals surface area (Å²) in [6.07, 6.45) is 2.10. The Kier molecular flexibility index (Phi) is 3.34. The molecule has 2 aliphatic rings. The van der Waals surface area contributed by atoms with Crippen molar-refractivity contribution in [3.8, 4) is 6.07 Å². The fourth-order valence-electron chi connectivity index (χ4n) is 3.15. The van der Waals surface area contributed by atoms with Crippen molar-refractivity contribution in [3.63, 3.8) is 0 Å². The molecule has 1 aromatic rings. The number of allylic oxidation sites excluding steroid dienone is 4. The fourth-order valence-corrected chi connectivity index (χ4v) is 3.15. The van der Waals surface area contributed by atoms with Crippen molar-refractivity contribution in [2.24, 2.45) is 0 Å². The maximum absolute atomic E-state index is 13.6. The molecule has 0 amide bonds. The number of rotatable bonds is 1. The third-order valence-corrected chi connectivity index (χ3v) is 4.08. The summed E-state index contributed by atoms with van der Waals surface area (Å²) in [4.78, 5) is 12.3. The van der Waals surface area contributed by atoms with Crippen molar-refractivity contribution in [2.45, 2.75) is 32.1 Å². The Balaban J connectivity index is 2.20. The summed E-state index contributed by atoms with van der Waals surface area (Å²) in [6, 6.07) is 8.35. The molecule has 0 bridgehead atoms. The molecule has 0 radical (unpaired) electrons. The van der Waals surface area contributed by atoms with E-state index in [1.807, 2.05) is 6.92 Å². The first kappa shape index (κ1) is 13.6. The van der Waals surface area contributed by atoms with Crippen LogP contribution in [0.15, 0.2) is 46.8 Å². The van der Waals surface area contributed by atoms with Crippen molar-refractivity contribution in [1.29, 1.82) is 5.26 Å². The average molecular weight is 282 g/mol. The van der Waals surface area contributed by atoms with E-state index in [0.29, 0.717) is 23.1 Å². The van der Waals surface area contributed by atoms with Crippen molar-refractivity contribution in [3.05, 3.63) is 58.2 Å². The standard InChI is InChI=1S/C17H15FN2O/c1-10-13(9-19)16(11-4-2-5-12(18)8-11)17-14(20-10)6-3-7-15(17)21/h2,4-5,8,16,20H,3,6-7H2,1H3/t16-/m0/s1. The van der Waals surface area contributed by atoms with E-state index >= 15 is 0 Å². The van der Waals surface area contributed by atoms with Gasteiger partial charge >= 0.3 is 0 Å². The van der Waals surface area contributed by atoms with Crippen LogP contribution >= 0.6 is 0 Å². The predicted octanol–water partition coefficient (Wildman–Crippen LogP) is 3.32. The Morgan fingerprint density at radius 1 is 1.38 bits per heavy atom. The maximum atomic E-state index is 13.6. The number of halogens is 1. The van der Waals surface area contributed by atoms with Crippen LogP contribution in [0.4, 0.5) is 4.39 Å². The van der Waals surface area contributed by atoms with Crippen molar-refractivity contribution < 1.29 is 9.18 Å². The lowest BCUT2D eigenvalue weighted by Crippen LogP contribution is -2.31. The molecule has 1 atom stereocenters. The molecule has 1 aliphatic carbocycles. The summed E-state index contributed by atoms with van der Waals surface area (Å²) >= 11 is 0. The van der Waals surface area contributed by atoms with Gasteiger partial charge in [-0.25, -0.2) is 4.39 Å². The fraction of sp³-hybridized carbons (Fsp3) is 0.294. The number of hydrogen-bond donors (Lipinski definition) is 1. The third kappa shape index (κ3) is 2.25. The molecule has 1 aromatic carbocycles. The van der Waals surface area contributed by atoms with Crippen LogP contribution in [-0.4, -0.2) is 5.78 Å². The largest absolute Gasteiger partial charge is 0.361 e. The highest BCUT2D eigenvalue weighted by Gasteiger charge is 2.35. The quantitative estimate of drug-likeness (QED) is 0.859. The van der Waals surface area contributed by atoms with Crippen LogP contribution in [0.25, 0.3) is 0 Å². The number of Topliss-reactive ketones (excluding diaryl/α,β-unsaturated/α-hetero) is 1. The molecule has 0 saturated heterocycles. The van der Waals surface area contributed by atoms with Gasteiger partial charge in [0.25, 0.3) is 0 Å². The maximum Gasteiger partial charge on any atom is 0.161 e. The van der Waals surface area contributed by atoms with Gasteiger partial charge in [0.15, 0.2) is 5.78 Å². The van der Waals surface area contributed by atoms with Gasteiger partial charge in [-0.05, 0) is 37.5 Å². The van der Waals surface area contributed by atoms with E-state index in [9.17, 15) is 14.4 Å². The summed E-state index contributed by atoms with van der Waals surface area (Å²) in [5.74, 6) is -0.751. The topological polar surface area (TPSA) is 52.9 Å². The van der Waals surface area contributed by atoms with Gasteiger partial charge in [-0.3, -0.25) is 4.79 Å². The molecule has 1 aliphatic heterocycles. The van der Waals surface area contributed by atoms with Gasteiger partial charge in [-0.15, -0.1) is 0 Å². The van der Waals surface area contributed by atoms with Crippen LogP contribution < -0.4 is 5.32 Å². The van der Waals surface area contributed by atoms with Crippen LogP contribution in [0.1, 0.15) is 37.7 Å². The van der Waals surface area contributed by atoms with E-state index < -0.39 is 5.92 Å². The van der Waals surface area contributed by atoms with Gasteiger partial charge in [0.05, 0.1) is 17.6 Å². The lowest BCUT2D eigenvalue weighted by molar-refractivity contribution is -0.116. The van der Waals surface area contributed by atoms with Crippen molar-refractivity contribution >= 4 is 5.78 Å². The summed E-state index contributed by atoms with van der Waals surface area (Å²) in [5.41, 5.74) is 3.43. The minimum Gasteiger partial charge on any atom is -0.361 e. The number of hydrogen-bond acceptors (Lipinski definition) is 3. The van der Waals surface area contributed by atoms with Gasteiger partial charge in [0, 0.05) is 23.4 Å². The highest BCUT2D eigenvalue weighted by atomic mass is 19.1. The van der Waals surface area contributed by atoms with E-state index in [0.717, 1.165) is 24.2 Å². The van der Waals surface area contributed by atoms with Crippen LogP contribution in [0.5, 0.6) is 0 Å². The molecule has 0 saturated carbocycles. The van der Waals surface area contributed by atoms with Crippen LogP contribution in [0.3, 0.4) is 0 Å². The van der Waals surface area contributed by atoms with Gasteiger partial charge in [-0.2, -0.15) is 5.26 Å².